The Labute approximate surface area is 153 Å². The number of β-lactam (4-membered cyclic amide) rings is 1. The zero-order valence-corrected chi connectivity index (χ0v) is 15.3. The number of amides is 1. The first-order valence-electron chi connectivity index (χ1n) is 6.52. The van der Waals surface area contributed by atoms with Crippen LogP contribution in [0.1, 0.15) is 13.3 Å². The Kier molecular flexibility index (Phi) is 5.08. The van der Waals surface area contributed by atoms with Gasteiger partial charge < -0.3 is 24.5 Å². The molecule has 0 saturated carbocycles. The van der Waals surface area contributed by atoms with Crippen LogP contribution in [0.2, 0.25) is 0 Å². The van der Waals surface area contributed by atoms with E-state index in [0.29, 0.717) is 16.5 Å². The number of nitrogens with zero attached hydrogens (tertiary/aromatic N) is 3. The predicted molar refractivity (Wildman–Crippen MR) is 71.5 cm³/mol. The van der Waals surface area contributed by atoms with Crippen LogP contribution in [0.4, 0.5) is 0 Å². The summed E-state index contributed by atoms with van der Waals surface area (Å²) in [6.07, 6.45) is 2.99. The molecule has 1 N–H and O–H groups in total. The molecule has 1 fully saturated rings. The summed E-state index contributed by atoms with van der Waals surface area (Å²) in [7, 11) is 1.81. The van der Waals surface area contributed by atoms with Crippen LogP contribution in [0.3, 0.4) is 0 Å². The zero-order chi connectivity index (χ0) is 15.3. The van der Waals surface area contributed by atoms with Crippen LogP contribution in [0.15, 0.2) is 28.2 Å². The van der Waals surface area contributed by atoms with Crippen molar-refractivity contribution in [2.75, 3.05) is 0 Å². The molecule has 3 atom stereocenters. The minimum Gasteiger partial charge on any atom is -0.543 e. The smallest absolute Gasteiger partial charge is 0.543 e. The van der Waals surface area contributed by atoms with Gasteiger partial charge in [0.1, 0.15) is 0 Å². The van der Waals surface area contributed by atoms with Gasteiger partial charge in [-0.25, -0.2) is 4.98 Å². The molecular formula is C13H14N3NaO4S. The van der Waals surface area contributed by atoms with Gasteiger partial charge in [0.2, 0.25) is 5.91 Å². The van der Waals surface area contributed by atoms with Gasteiger partial charge in [-0.15, -0.1) is 0 Å². The molecule has 7 nitrogen and oxygen atoms in total. The molecule has 3 rings (SSSR count). The quantitative estimate of drug-likeness (QED) is 0.447. The van der Waals surface area contributed by atoms with Crippen molar-refractivity contribution in [3.63, 3.8) is 0 Å². The van der Waals surface area contributed by atoms with Gasteiger partial charge in [-0.3, -0.25) is 4.79 Å². The maximum atomic E-state index is 12.0. The van der Waals surface area contributed by atoms with Gasteiger partial charge in [-0.05, 0) is 6.92 Å². The monoisotopic (exact) mass is 331 g/mol. The van der Waals surface area contributed by atoms with Crippen molar-refractivity contribution in [2.24, 2.45) is 13.0 Å². The average Bonchev–Trinajstić information content (AvgIpc) is 2.92. The third-order valence-corrected chi connectivity index (χ3v) is 5.06. The predicted octanol–water partition coefficient (Wildman–Crippen LogP) is -3.91. The summed E-state index contributed by atoms with van der Waals surface area (Å²) in [4.78, 5) is 29.3. The van der Waals surface area contributed by atoms with E-state index in [1.54, 1.807) is 23.9 Å². The van der Waals surface area contributed by atoms with E-state index < -0.39 is 18.0 Å². The Balaban J connectivity index is 0.00000176. The average molecular weight is 331 g/mol. The molecule has 3 heterocycles. The number of hydrogen-bond donors (Lipinski definition) is 1. The summed E-state index contributed by atoms with van der Waals surface area (Å²) in [6, 6.07) is -0.298. The van der Waals surface area contributed by atoms with Crippen LogP contribution in [-0.4, -0.2) is 43.6 Å². The number of imidazole rings is 1. The van der Waals surface area contributed by atoms with Gasteiger partial charge in [0.15, 0.2) is 5.16 Å². The van der Waals surface area contributed by atoms with Crippen LogP contribution in [0.5, 0.6) is 0 Å². The minimum atomic E-state index is -1.37. The van der Waals surface area contributed by atoms with Gasteiger partial charge in [0, 0.05) is 30.8 Å². The van der Waals surface area contributed by atoms with Crippen LogP contribution in [0, 0.1) is 5.92 Å². The summed E-state index contributed by atoms with van der Waals surface area (Å²) < 4.78 is 1.77. The summed E-state index contributed by atoms with van der Waals surface area (Å²) in [5, 5.41) is 21.7. The Morgan fingerprint density at radius 1 is 1.59 bits per heavy atom. The second-order valence-electron chi connectivity index (χ2n) is 5.23. The largest absolute Gasteiger partial charge is 1.00 e. The van der Waals surface area contributed by atoms with Gasteiger partial charge in [-0.2, -0.15) is 0 Å². The molecule has 2 aliphatic rings. The number of carboxylic acid groups (broad SMARTS) is 1. The van der Waals surface area contributed by atoms with Crippen molar-refractivity contribution < 1.29 is 49.4 Å². The summed E-state index contributed by atoms with van der Waals surface area (Å²) in [5.74, 6) is -2.27. The standard InChI is InChI=1S/C13H15N3O4S.Na/c1-6(17)9-7-5-8(21-13-14-3-4-15(13)2)10(12(19)20)16(7)11(9)18;/h3-4,6-7,9,17H,5H2,1-2H3,(H,19,20);/q;+1/p-1/t6-,7+,9-;/m0./s1. The first kappa shape index (κ1) is 17.6. The molecule has 0 radical (unpaired) electrons. The number of aromatic nitrogens is 2. The number of fused-ring (bicyclic) bond motifs is 1. The Morgan fingerprint density at radius 2 is 2.27 bits per heavy atom. The number of thioether (sulfide) groups is 1. The number of rotatable bonds is 4. The molecule has 112 valence electrons. The molecule has 2 aliphatic heterocycles. The number of hydrogen-bond acceptors (Lipinski definition) is 6. The Morgan fingerprint density at radius 3 is 2.77 bits per heavy atom. The van der Waals surface area contributed by atoms with E-state index in [2.05, 4.69) is 4.98 Å². The van der Waals surface area contributed by atoms with E-state index in [1.165, 1.54) is 16.7 Å². The van der Waals surface area contributed by atoms with E-state index in [1.807, 2.05) is 7.05 Å². The van der Waals surface area contributed by atoms with Gasteiger partial charge in [-0.1, -0.05) is 11.8 Å². The summed E-state index contributed by atoms with van der Waals surface area (Å²) in [5.41, 5.74) is -0.0881. The van der Waals surface area contributed by atoms with Crippen LogP contribution >= 0.6 is 11.8 Å². The van der Waals surface area contributed by atoms with E-state index in [-0.39, 0.29) is 47.2 Å². The summed E-state index contributed by atoms with van der Waals surface area (Å²) in [6.45, 7) is 1.54. The van der Waals surface area contributed by atoms with Gasteiger partial charge in [0.05, 0.1) is 29.7 Å². The molecule has 1 saturated heterocycles. The van der Waals surface area contributed by atoms with E-state index in [9.17, 15) is 19.8 Å². The third kappa shape index (κ3) is 2.63. The first-order valence-corrected chi connectivity index (χ1v) is 7.34. The molecule has 0 spiro atoms. The van der Waals surface area contributed by atoms with Crippen molar-refractivity contribution in [3.8, 4) is 0 Å². The molecule has 22 heavy (non-hydrogen) atoms. The molecular weight excluding hydrogens is 317 g/mol. The van der Waals surface area contributed by atoms with Crippen molar-refractivity contribution in [2.45, 2.75) is 30.6 Å². The maximum Gasteiger partial charge on any atom is 1.00 e. The number of aryl methyl sites for hydroxylation is 1. The van der Waals surface area contributed by atoms with Crippen LogP contribution in [-0.2, 0) is 16.6 Å². The molecule has 0 aromatic carbocycles. The van der Waals surface area contributed by atoms with Crippen molar-refractivity contribution in [1.29, 1.82) is 0 Å². The Hall–Kier alpha value is -0.800. The summed E-state index contributed by atoms with van der Waals surface area (Å²) >= 11 is 1.22. The van der Waals surface area contributed by atoms with Crippen molar-refractivity contribution in [1.82, 2.24) is 14.5 Å². The number of aliphatic hydroxyl groups excluding tert-OH is 1. The molecule has 0 unspecified atom stereocenters. The third-order valence-electron chi connectivity index (χ3n) is 3.87. The van der Waals surface area contributed by atoms with E-state index in [0.717, 1.165) is 0 Å². The molecule has 0 bridgehead atoms. The fourth-order valence-electron chi connectivity index (χ4n) is 2.87. The maximum absolute atomic E-state index is 12.0. The number of carbonyl (C=O) groups excluding carboxylic acids is 2. The number of carbonyl (C=O) groups is 2. The van der Waals surface area contributed by atoms with Crippen LogP contribution in [0.25, 0.3) is 0 Å². The topological polar surface area (TPSA) is 98.5 Å². The molecule has 1 aromatic rings. The fraction of sp³-hybridized carbons (Fsp3) is 0.462. The molecule has 1 amide bonds. The number of aliphatic carboxylic acids is 1. The Bertz CT molecular complexity index is 657. The normalized spacial score (nSPS) is 24.7. The second-order valence-corrected chi connectivity index (χ2v) is 6.29. The van der Waals surface area contributed by atoms with Crippen molar-refractivity contribution >= 4 is 23.6 Å². The zero-order valence-electron chi connectivity index (χ0n) is 12.5. The molecule has 1 aromatic heterocycles. The van der Waals surface area contributed by atoms with Crippen LogP contribution < -0.4 is 34.7 Å². The van der Waals surface area contributed by atoms with Gasteiger partial charge in [0.25, 0.3) is 0 Å². The molecule has 9 heteroatoms. The molecule has 0 aliphatic carbocycles. The fourth-order valence-corrected chi connectivity index (χ4v) is 3.94. The minimum absolute atomic E-state index is 0. The van der Waals surface area contributed by atoms with E-state index in [4.69, 9.17) is 0 Å². The SMILES string of the molecule is C[C@H](O)[C@@H]1C(=O)N2C(C(=O)[O-])=C(Sc3nccn3C)C[C@H]12.[Na+]. The van der Waals surface area contributed by atoms with E-state index >= 15 is 0 Å². The first-order chi connectivity index (χ1) is 9.91. The van der Waals surface area contributed by atoms with Gasteiger partial charge >= 0.3 is 29.6 Å². The number of aliphatic hydroxyl groups is 1. The number of carboxylic acids is 1. The second kappa shape index (κ2) is 6.37. The van der Waals surface area contributed by atoms with Crippen molar-refractivity contribution in [3.05, 3.63) is 23.0 Å².